The Hall–Kier alpha value is -2.46. The number of ketones is 1. The summed E-state index contributed by atoms with van der Waals surface area (Å²) in [5.74, 6) is 0.755. The standard InChI is InChI=1S/C23H30N2O2/c1-17(2)6-4-9-22(26)20-12-10-19(11-13-20)21-8-5-7-18(14-21)16-25(3)23(27)15-24/h5,7-8,10-14,17H,4,6,9,15-16,24H2,1-3H3. The van der Waals surface area contributed by atoms with E-state index in [2.05, 4.69) is 19.9 Å². The molecule has 0 radical (unpaired) electrons. The van der Waals surface area contributed by atoms with Gasteiger partial charge >= 0.3 is 0 Å². The highest BCUT2D eigenvalue weighted by Crippen LogP contribution is 2.22. The quantitative estimate of drug-likeness (QED) is 0.674. The number of nitrogens with two attached hydrogens (primary N) is 1. The van der Waals surface area contributed by atoms with Gasteiger partial charge in [0.2, 0.25) is 5.91 Å². The van der Waals surface area contributed by atoms with Crippen molar-refractivity contribution in [3.63, 3.8) is 0 Å². The van der Waals surface area contributed by atoms with E-state index in [1.807, 2.05) is 42.5 Å². The molecule has 0 bridgehead atoms. The van der Waals surface area contributed by atoms with Gasteiger partial charge in [0.25, 0.3) is 0 Å². The van der Waals surface area contributed by atoms with E-state index in [0.29, 0.717) is 18.9 Å². The van der Waals surface area contributed by atoms with Crippen LogP contribution in [-0.4, -0.2) is 30.2 Å². The van der Waals surface area contributed by atoms with E-state index in [1.54, 1.807) is 11.9 Å². The Morgan fingerprint density at radius 3 is 2.37 bits per heavy atom. The molecule has 0 heterocycles. The van der Waals surface area contributed by atoms with Crippen molar-refractivity contribution in [3.8, 4) is 11.1 Å². The van der Waals surface area contributed by atoms with Crippen molar-refractivity contribution in [2.45, 2.75) is 39.7 Å². The summed E-state index contributed by atoms with van der Waals surface area (Å²) >= 11 is 0. The second kappa shape index (κ2) is 10.0. The van der Waals surface area contributed by atoms with Crippen molar-refractivity contribution in [2.75, 3.05) is 13.6 Å². The average molecular weight is 367 g/mol. The Kier molecular flexibility index (Phi) is 7.74. The molecule has 2 aromatic carbocycles. The third-order valence-electron chi connectivity index (χ3n) is 4.67. The van der Waals surface area contributed by atoms with Gasteiger partial charge < -0.3 is 10.6 Å². The minimum Gasteiger partial charge on any atom is -0.340 e. The van der Waals surface area contributed by atoms with Crippen LogP contribution in [0.3, 0.4) is 0 Å². The lowest BCUT2D eigenvalue weighted by Gasteiger charge is -2.16. The van der Waals surface area contributed by atoms with Gasteiger partial charge in [-0.15, -0.1) is 0 Å². The van der Waals surface area contributed by atoms with Gasteiger partial charge in [-0.3, -0.25) is 9.59 Å². The first-order chi connectivity index (χ1) is 12.9. The van der Waals surface area contributed by atoms with Crippen molar-refractivity contribution >= 4 is 11.7 Å². The van der Waals surface area contributed by atoms with Crippen molar-refractivity contribution in [3.05, 3.63) is 59.7 Å². The van der Waals surface area contributed by atoms with E-state index in [-0.39, 0.29) is 18.2 Å². The molecule has 2 rings (SSSR count). The summed E-state index contributed by atoms with van der Waals surface area (Å²) in [7, 11) is 1.75. The summed E-state index contributed by atoms with van der Waals surface area (Å²) in [5.41, 5.74) is 9.36. The lowest BCUT2D eigenvalue weighted by Crippen LogP contribution is -2.32. The molecular weight excluding hydrogens is 336 g/mol. The lowest BCUT2D eigenvalue weighted by atomic mass is 9.98. The summed E-state index contributed by atoms with van der Waals surface area (Å²) in [6.07, 6.45) is 2.63. The topological polar surface area (TPSA) is 63.4 Å². The number of hydrogen-bond donors (Lipinski definition) is 1. The molecule has 2 N–H and O–H groups in total. The van der Waals surface area contributed by atoms with Gasteiger partial charge in [0.1, 0.15) is 0 Å². The Bertz CT molecular complexity index is 766. The van der Waals surface area contributed by atoms with Gasteiger partial charge in [-0.2, -0.15) is 0 Å². The minimum atomic E-state index is -0.0827. The lowest BCUT2D eigenvalue weighted by molar-refractivity contribution is -0.128. The highest BCUT2D eigenvalue weighted by Gasteiger charge is 2.09. The van der Waals surface area contributed by atoms with Gasteiger partial charge in [-0.25, -0.2) is 0 Å². The van der Waals surface area contributed by atoms with Crippen LogP contribution < -0.4 is 5.73 Å². The fraction of sp³-hybridized carbons (Fsp3) is 0.391. The largest absolute Gasteiger partial charge is 0.340 e. The monoisotopic (exact) mass is 366 g/mol. The third kappa shape index (κ3) is 6.33. The van der Waals surface area contributed by atoms with Crippen LogP contribution in [0.5, 0.6) is 0 Å². The number of rotatable bonds is 9. The van der Waals surface area contributed by atoms with Gasteiger partial charge in [0, 0.05) is 25.6 Å². The van der Waals surface area contributed by atoms with E-state index in [1.165, 1.54) is 0 Å². The van der Waals surface area contributed by atoms with Crippen molar-refractivity contribution in [1.29, 1.82) is 0 Å². The molecule has 0 fully saturated rings. The highest BCUT2D eigenvalue weighted by molar-refractivity contribution is 5.96. The molecule has 1 amide bonds. The Balaban J connectivity index is 2.05. The van der Waals surface area contributed by atoms with Crippen LogP contribution >= 0.6 is 0 Å². The molecule has 0 aromatic heterocycles. The Morgan fingerprint density at radius 1 is 1.04 bits per heavy atom. The second-order valence-electron chi connectivity index (χ2n) is 7.44. The summed E-state index contributed by atoms with van der Waals surface area (Å²) in [4.78, 5) is 25.6. The normalized spacial score (nSPS) is 10.9. The van der Waals surface area contributed by atoms with E-state index in [9.17, 15) is 9.59 Å². The number of likely N-dealkylation sites (N-methyl/N-ethyl adjacent to an activating group) is 1. The molecule has 0 saturated heterocycles. The first-order valence-corrected chi connectivity index (χ1v) is 9.57. The van der Waals surface area contributed by atoms with Crippen LogP contribution in [0.2, 0.25) is 0 Å². The third-order valence-corrected chi connectivity index (χ3v) is 4.67. The van der Waals surface area contributed by atoms with E-state index in [4.69, 9.17) is 5.73 Å². The highest BCUT2D eigenvalue weighted by atomic mass is 16.2. The fourth-order valence-corrected chi connectivity index (χ4v) is 3.03. The zero-order valence-corrected chi connectivity index (χ0v) is 16.6. The van der Waals surface area contributed by atoms with Crippen LogP contribution in [-0.2, 0) is 11.3 Å². The molecule has 4 nitrogen and oxygen atoms in total. The number of amides is 1. The number of carbonyl (C=O) groups excluding carboxylic acids is 2. The summed E-state index contributed by atoms with van der Waals surface area (Å²) < 4.78 is 0. The smallest absolute Gasteiger partial charge is 0.236 e. The molecule has 144 valence electrons. The van der Waals surface area contributed by atoms with E-state index < -0.39 is 0 Å². The summed E-state index contributed by atoms with van der Waals surface area (Å²) in [6.45, 7) is 4.90. The van der Waals surface area contributed by atoms with Crippen LogP contribution in [0, 0.1) is 5.92 Å². The molecular formula is C23H30N2O2. The number of nitrogens with zero attached hydrogens (tertiary/aromatic N) is 1. The molecule has 0 aliphatic carbocycles. The summed E-state index contributed by atoms with van der Waals surface area (Å²) in [5, 5.41) is 0. The van der Waals surface area contributed by atoms with E-state index >= 15 is 0 Å². The zero-order chi connectivity index (χ0) is 19.8. The maximum absolute atomic E-state index is 12.3. The number of benzene rings is 2. The van der Waals surface area contributed by atoms with Crippen LogP contribution in [0.4, 0.5) is 0 Å². The second-order valence-corrected chi connectivity index (χ2v) is 7.44. The van der Waals surface area contributed by atoms with Crippen LogP contribution in [0.25, 0.3) is 11.1 Å². The van der Waals surface area contributed by atoms with Gasteiger partial charge in [0.15, 0.2) is 5.78 Å². The van der Waals surface area contributed by atoms with Crippen molar-refractivity contribution in [1.82, 2.24) is 4.90 Å². The molecule has 4 heteroatoms. The average Bonchev–Trinajstić information content (AvgIpc) is 2.67. The van der Waals surface area contributed by atoms with Crippen LogP contribution in [0.15, 0.2) is 48.5 Å². The predicted octanol–water partition coefficient (Wildman–Crippen LogP) is 4.28. The predicted molar refractivity (Wildman–Crippen MR) is 110 cm³/mol. The van der Waals surface area contributed by atoms with Gasteiger partial charge in [-0.05, 0) is 35.1 Å². The van der Waals surface area contributed by atoms with Crippen molar-refractivity contribution < 1.29 is 9.59 Å². The summed E-state index contributed by atoms with van der Waals surface area (Å²) in [6, 6.07) is 15.9. The van der Waals surface area contributed by atoms with Gasteiger partial charge in [0.05, 0.1) is 6.54 Å². The molecule has 0 aliphatic rings. The van der Waals surface area contributed by atoms with Crippen molar-refractivity contribution in [2.24, 2.45) is 11.7 Å². The first kappa shape index (κ1) is 20.8. The van der Waals surface area contributed by atoms with E-state index in [0.717, 1.165) is 35.1 Å². The number of hydrogen-bond acceptors (Lipinski definition) is 3. The van der Waals surface area contributed by atoms with Gasteiger partial charge in [-0.1, -0.05) is 62.7 Å². The molecule has 2 aromatic rings. The van der Waals surface area contributed by atoms with Crippen LogP contribution in [0.1, 0.15) is 49.0 Å². The molecule has 0 saturated carbocycles. The molecule has 0 spiro atoms. The maximum atomic E-state index is 12.3. The zero-order valence-electron chi connectivity index (χ0n) is 16.6. The minimum absolute atomic E-state index is 0.0167. The molecule has 0 unspecified atom stereocenters. The molecule has 27 heavy (non-hydrogen) atoms. The Labute approximate surface area is 162 Å². The number of carbonyl (C=O) groups is 2. The maximum Gasteiger partial charge on any atom is 0.236 e. The molecule has 0 atom stereocenters. The Morgan fingerprint density at radius 2 is 1.74 bits per heavy atom. The molecule has 0 aliphatic heterocycles. The SMILES string of the molecule is CC(C)CCCC(=O)c1ccc(-c2cccc(CN(C)C(=O)CN)c2)cc1. The number of Topliss-reactive ketones (excluding diaryl/α,β-unsaturated/α-hetero) is 1. The fourth-order valence-electron chi connectivity index (χ4n) is 3.03. The first-order valence-electron chi connectivity index (χ1n) is 9.57.